The van der Waals surface area contributed by atoms with Crippen molar-refractivity contribution in [2.45, 2.75) is 13.5 Å². The largest absolute Gasteiger partial charge is 0.452 e. The van der Waals surface area contributed by atoms with E-state index in [4.69, 9.17) is 14.2 Å². The van der Waals surface area contributed by atoms with Crippen LogP contribution in [0.1, 0.15) is 21.6 Å². The van der Waals surface area contributed by atoms with Crippen molar-refractivity contribution >= 4 is 22.8 Å². The molecule has 1 heterocycles. The van der Waals surface area contributed by atoms with Crippen molar-refractivity contribution in [2.75, 3.05) is 34.0 Å². The maximum atomic E-state index is 12.5. The zero-order valence-corrected chi connectivity index (χ0v) is 14.6. The van der Waals surface area contributed by atoms with Gasteiger partial charge in [-0.1, -0.05) is 18.2 Å². The van der Waals surface area contributed by atoms with Gasteiger partial charge in [0.2, 0.25) is 0 Å². The summed E-state index contributed by atoms with van der Waals surface area (Å²) in [7, 11) is 3.07. The number of fused-ring (bicyclic) bond motifs is 1. The molecule has 1 amide bonds. The minimum Gasteiger partial charge on any atom is -0.452 e. The Hall–Kier alpha value is -2.51. The van der Waals surface area contributed by atoms with Gasteiger partial charge in [-0.2, -0.15) is 0 Å². The number of hydrogen-bond donors (Lipinski definition) is 1. The Balaban J connectivity index is 2.20. The van der Waals surface area contributed by atoms with Crippen LogP contribution in [0.4, 0.5) is 0 Å². The van der Waals surface area contributed by atoms with E-state index in [0.717, 1.165) is 16.5 Å². The third-order valence-corrected chi connectivity index (χ3v) is 3.67. The monoisotopic (exact) mass is 346 g/mol. The number of nitrogens with zero attached hydrogens (tertiary/aromatic N) is 1. The Morgan fingerprint density at radius 3 is 2.64 bits per heavy atom. The second-order valence-corrected chi connectivity index (χ2v) is 5.43. The fourth-order valence-corrected chi connectivity index (χ4v) is 2.50. The molecule has 0 fully saturated rings. The van der Waals surface area contributed by atoms with Gasteiger partial charge >= 0.3 is 5.97 Å². The van der Waals surface area contributed by atoms with E-state index in [1.807, 2.05) is 31.2 Å². The summed E-state index contributed by atoms with van der Waals surface area (Å²) in [4.78, 5) is 28.7. The zero-order chi connectivity index (χ0) is 18.2. The summed E-state index contributed by atoms with van der Waals surface area (Å²) >= 11 is 0. The van der Waals surface area contributed by atoms with E-state index in [-0.39, 0.29) is 19.1 Å². The van der Waals surface area contributed by atoms with Crippen LogP contribution in [0.3, 0.4) is 0 Å². The summed E-state index contributed by atoms with van der Waals surface area (Å²) < 4.78 is 15.1. The minimum absolute atomic E-state index is 0.177. The van der Waals surface area contributed by atoms with Crippen LogP contribution in [0.5, 0.6) is 0 Å². The second kappa shape index (κ2) is 9.10. The van der Waals surface area contributed by atoms with Crippen molar-refractivity contribution < 1.29 is 23.8 Å². The molecule has 0 bridgehead atoms. The Kier molecular flexibility index (Phi) is 6.85. The first-order valence-electron chi connectivity index (χ1n) is 7.88. The number of esters is 1. The molecule has 0 aliphatic heterocycles. The van der Waals surface area contributed by atoms with Crippen LogP contribution in [0.15, 0.2) is 24.3 Å². The van der Waals surface area contributed by atoms with Crippen LogP contribution < -0.4 is 5.32 Å². The molecule has 7 nitrogen and oxygen atoms in total. The summed E-state index contributed by atoms with van der Waals surface area (Å²) in [6, 6.07) is 7.53. The van der Waals surface area contributed by atoms with Gasteiger partial charge in [0.05, 0.1) is 30.0 Å². The van der Waals surface area contributed by atoms with Gasteiger partial charge in [-0.25, -0.2) is 9.78 Å². The molecule has 25 heavy (non-hydrogen) atoms. The number of ether oxygens (including phenoxy) is 3. The van der Waals surface area contributed by atoms with Gasteiger partial charge in [0.1, 0.15) is 0 Å². The Morgan fingerprint density at radius 1 is 1.16 bits per heavy atom. The third-order valence-electron chi connectivity index (χ3n) is 3.67. The smallest absolute Gasteiger partial charge is 0.340 e. The molecule has 0 spiro atoms. The average molecular weight is 346 g/mol. The predicted octanol–water partition coefficient (Wildman–Crippen LogP) is 1.61. The van der Waals surface area contributed by atoms with Gasteiger partial charge in [0, 0.05) is 26.2 Å². The molecule has 0 unspecified atom stereocenters. The van der Waals surface area contributed by atoms with Crippen LogP contribution in [-0.4, -0.2) is 50.8 Å². The predicted molar refractivity (Wildman–Crippen MR) is 92.4 cm³/mol. The molecule has 0 atom stereocenters. The fourth-order valence-electron chi connectivity index (χ4n) is 2.50. The zero-order valence-electron chi connectivity index (χ0n) is 14.6. The van der Waals surface area contributed by atoms with Gasteiger partial charge < -0.3 is 19.5 Å². The lowest BCUT2D eigenvalue weighted by atomic mass is 10.0. The van der Waals surface area contributed by atoms with Gasteiger partial charge in [-0.05, 0) is 18.6 Å². The minimum atomic E-state index is -0.593. The van der Waals surface area contributed by atoms with Crippen molar-refractivity contribution in [1.29, 1.82) is 0 Å². The first-order chi connectivity index (χ1) is 12.1. The number of pyridine rings is 1. The fraction of sp³-hybridized carbons (Fsp3) is 0.389. The van der Waals surface area contributed by atoms with E-state index in [2.05, 4.69) is 10.3 Å². The summed E-state index contributed by atoms with van der Waals surface area (Å²) in [5.41, 5.74) is 2.36. The van der Waals surface area contributed by atoms with Crippen LogP contribution in [-0.2, 0) is 25.6 Å². The van der Waals surface area contributed by atoms with Gasteiger partial charge in [0.15, 0.2) is 6.61 Å². The van der Waals surface area contributed by atoms with E-state index in [1.165, 1.54) is 7.11 Å². The Labute approximate surface area is 146 Å². The van der Waals surface area contributed by atoms with Crippen LogP contribution >= 0.6 is 0 Å². The van der Waals surface area contributed by atoms with Crippen LogP contribution in [0, 0.1) is 6.92 Å². The summed E-state index contributed by atoms with van der Waals surface area (Å²) in [5, 5.41) is 3.45. The number of para-hydroxylation sites is 1. The number of methoxy groups -OCH3 is 2. The maximum Gasteiger partial charge on any atom is 0.340 e. The summed E-state index contributed by atoms with van der Waals surface area (Å²) in [6.45, 7) is 2.40. The highest BCUT2D eigenvalue weighted by Gasteiger charge is 2.20. The number of aryl methyl sites for hydroxylation is 1. The van der Waals surface area contributed by atoms with E-state index in [0.29, 0.717) is 24.4 Å². The summed E-state index contributed by atoms with van der Waals surface area (Å²) in [6.07, 6.45) is 0. The van der Waals surface area contributed by atoms with Gasteiger partial charge in [-0.15, -0.1) is 0 Å². The van der Waals surface area contributed by atoms with Crippen molar-refractivity contribution in [3.8, 4) is 0 Å². The SMILES string of the molecule is COCCNC(=O)COC(=O)c1c(COC)nc2ccccc2c1C. The quantitative estimate of drug-likeness (QED) is 0.577. The molecular weight excluding hydrogens is 324 g/mol. The Morgan fingerprint density at radius 2 is 1.92 bits per heavy atom. The molecule has 2 rings (SSSR count). The van der Waals surface area contributed by atoms with Gasteiger partial charge in [0.25, 0.3) is 5.91 Å². The number of benzene rings is 1. The van der Waals surface area contributed by atoms with Crippen LogP contribution in [0.25, 0.3) is 10.9 Å². The van der Waals surface area contributed by atoms with Crippen molar-refractivity contribution in [1.82, 2.24) is 10.3 Å². The molecule has 1 aromatic carbocycles. The number of carbonyl (C=O) groups excluding carboxylic acids is 2. The first kappa shape index (κ1) is 18.8. The highest BCUT2D eigenvalue weighted by molar-refractivity contribution is 5.99. The number of hydrogen-bond acceptors (Lipinski definition) is 6. The lowest BCUT2D eigenvalue weighted by Crippen LogP contribution is -2.31. The van der Waals surface area contributed by atoms with Crippen molar-refractivity contribution in [2.24, 2.45) is 0 Å². The van der Waals surface area contributed by atoms with Gasteiger partial charge in [-0.3, -0.25) is 4.79 Å². The molecule has 2 aromatic rings. The third kappa shape index (κ3) is 4.74. The first-order valence-corrected chi connectivity index (χ1v) is 7.88. The lowest BCUT2D eigenvalue weighted by Gasteiger charge is -2.14. The number of carbonyl (C=O) groups is 2. The Bertz CT molecular complexity index is 760. The maximum absolute atomic E-state index is 12.5. The summed E-state index contributed by atoms with van der Waals surface area (Å²) in [5.74, 6) is -0.977. The average Bonchev–Trinajstić information content (AvgIpc) is 2.60. The van der Waals surface area contributed by atoms with Crippen molar-refractivity contribution in [3.05, 3.63) is 41.1 Å². The molecule has 134 valence electrons. The second-order valence-electron chi connectivity index (χ2n) is 5.43. The number of rotatable bonds is 8. The topological polar surface area (TPSA) is 86.8 Å². The van der Waals surface area contributed by atoms with Crippen molar-refractivity contribution in [3.63, 3.8) is 0 Å². The number of amides is 1. The molecule has 0 aliphatic rings. The normalized spacial score (nSPS) is 10.7. The molecule has 0 radical (unpaired) electrons. The number of nitrogens with one attached hydrogen (secondary N) is 1. The standard InChI is InChI=1S/C18H22N2O5/c1-12-13-6-4-5-7-14(13)20-15(10-24-3)17(12)18(22)25-11-16(21)19-8-9-23-2/h4-7H,8-11H2,1-3H3,(H,19,21). The lowest BCUT2D eigenvalue weighted by molar-refractivity contribution is -0.124. The highest BCUT2D eigenvalue weighted by atomic mass is 16.5. The van der Waals surface area contributed by atoms with E-state index < -0.39 is 5.97 Å². The molecular formula is C18H22N2O5. The van der Waals surface area contributed by atoms with E-state index >= 15 is 0 Å². The van der Waals surface area contributed by atoms with E-state index in [9.17, 15) is 9.59 Å². The molecule has 0 aliphatic carbocycles. The highest BCUT2D eigenvalue weighted by Crippen LogP contribution is 2.24. The van der Waals surface area contributed by atoms with E-state index in [1.54, 1.807) is 7.11 Å². The molecule has 0 saturated heterocycles. The van der Waals surface area contributed by atoms with Crippen LogP contribution in [0.2, 0.25) is 0 Å². The molecule has 1 aromatic heterocycles. The molecule has 0 saturated carbocycles. The molecule has 1 N–H and O–H groups in total. The molecule has 7 heteroatoms. The number of aromatic nitrogens is 1.